The highest BCUT2D eigenvalue weighted by atomic mass is 16.5. The first-order valence-electron chi connectivity index (χ1n) is 9.22. The zero-order chi connectivity index (χ0) is 20.4. The number of para-hydroxylation sites is 2. The first-order valence-corrected chi connectivity index (χ1v) is 9.22. The minimum atomic E-state index is -0.419. The average Bonchev–Trinajstić information content (AvgIpc) is 2.70. The Labute approximate surface area is 165 Å². The van der Waals surface area contributed by atoms with E-state index in [2.05, 4.69) is 5.32 Å². The fourth-order valence-corrected chi connectivity index (χ4v) is 2.61. The fraction of sp³-hybridized carbons (Fsp3) is 0.333. The van der Waals surface area contributed by atoms with E-state index in [1.54, 1.807) is 30.2 Å². The van der Waals surface area contributed by atoms with Gasteiger partial charge in [0, 0.05) is 18.7 Å². The lowest BCUT2D eigenvalue weighted by Gasteiger charge is -2.24. The van der Waals surface area contributed by atoms with Crippen molar-refractivity contribution in [2.75, 3.05) is 37.0 Å². The van der Waals surface area contributed by atoms with Crippen molar-refractivity contribution in [3.63, 3.8) is 0 Å². The smallest absolute Gasteiger partial charge is 0.243 e. The van der Waals surface area contributed by atoms with Gasteiger partial charge in [0.05, 0.1) is 25.9 Å². The maximum atomic E-state index is 12.6. The molecule has 7 heteroatoms. The Morgan fingerprint density at radius 2 is 1.82 bits per heavy atom. The van der Waals surface area contributed by atoms with Gasteiger partial charge in [-0.3, -0.25) is 9.59 Å². The number of primary amides is 1. The van der Waals surface area contributed by atoms with Gasteiger partial charge in [-0.2, -0.15) is 0 Å². The summed E-state index contributed by atoms with van der Waals surface area (Å²) in [5.41, 5.74) is 6.70. The van der Waals surface area contributed by atoms with Crippen LogP contribution in [0.1, 0.15) is 19.8 Å². The summed E-state index contributed by atoms with van der Waals surface area (Å²) in [6.45, 7) is 3.00. The van der Waals surface area contributed by atoms with Gasteiger partial charge in [0.2, 0.25) is 11.8 Å². The van der Waals surface area contributed by atoms with Gasteiger partial charge in [-0.05, 0) is 42.8 Å². The first-order chi connectivity index (χ1) is 13.5. The van der Waals surface area contributed by atoms with E-state index in [4.69, 9.17) is 15.2 Å². The molecule has 28 heavy (non-hydrogen) atoms. The van der Waals surface area contributed by atoms with E-state index in [0.717, 1.165) is 12.1 Å². The molecule has 7 nitrogen and oxygen atoms in total. The lowest BCUT2D eigenvalue weighted by molar-refractivity contribution is -0.118. The molecule has 0 aromatic heterocycles. The summed E-state index contributed by atoms with van der Waals surface area (Å²) < 4.78 is 10.8. The number of amides is 2. The normalized spacial score (nSPS) is 10.2. The molecule has 0 saturated heterocycles. The lowest BCUT2D eigenvalue weighted by Crippen LogP contribution is -2.35. The number of carbonyl (C=O) groups is 2. The van der Waals surface area contributed by atoms with Crippen LogP contribution in [-0.4, -0.2) is 38.6 Å². The van der Waals surface area contributed by atoms with Gasteiger partial charge >= 0.3 is 0 Å². The van der Waals surface area contributed by atoms with Crippen molar-refractivity contribution in [3.05, 3.63) is 48.5 Å². The number of methoxy groups -OCH3 is 1. The van der Waals surface area contributed by atoms with Crippen molar-refractivity contribution < 1.29 is 19.1 Å². The zero-order valence-electron chi connectivity index (χ0n) is 16.3. The largest absolute Gasteiger partial charge is 0.497 e. The van der Waals surface area contributed by atoms with Gasteiger partial charge in [0.25, 0.3) is 0 Å². The molecule has 2 aromatic rings. The summed E-state index contributed by atoms with van der Waals surface area (Å²) in [4.78, 5) is 25.7. The van der Waals surface area contributed by atoms with Crippen molar-refractivity contribution in [3.8, 4) is 11.5 Å². The van der Waals surface area contributed by atoms with E-state index in [0.29, 0.717) is 30.3 Å². The minimum Gasteiger partial charge on any atom is -0.497 e. The molecule has 0 unspecified atom stereocenters. The Kier molecular flexibility index (Phi) is 8.14. The molecule has 0 fully saturated rings. The number of carbonyl (C=O) groups excluding carboxylic acids is 2. The molecule has 3 N–H and O–H groups in total. The number of ether oxygens (including phenoxy) is 2. The van der Waals surface area contributed by atoms with Crippen LogP contribution in [0.4, 0.5) is 11.4 Å². The van der Waals surface area contributed by atoms with Crippen LogP contribution in [0.5, 0.6) is 11.5 Å². The van der Waals surface area contributed by atoms with E-state index >= 15 is 0 Å². The minimum absolute atomic E-state index is 0.0712. The second-order valence-corrected chi connectivity index (χ2v) is 6.23. The number of rotatable bonds is 11. The van der Waals surface area contributed by atoms with Crippen molar-refractivity contribution in [1.29, 1.82) is 0 Å². The van der Waals surface area contributed by atoms with Crippen LogP contribution in [0.25, 0.3) is 0 Å². The van der Waals surface area contributed by atoms with Crippen LogP contribution < -0.4 is 25.4 Å². The van der Waals surface area contributed by atoms with E-state index in [9.17, 15) is 9.59 Å². The molecule has 0 bridgehead atoms. The quantitative estimate of drug-likeness (QED) is 0.620. The number of hydrogen-bond acceptors (Lipinski definition) is 5. The standard InChI is InChI=1S/C21H27N3O4/c1-3-14-28-19-7-5-4-6-18(19)23-21(26)15-24(13-12-20(22)25)16-8-10-17(27-2)11-9-16/h4-11H,3,12-15H2,1-2H3,(H2,22,25)(H,23,26). The SMILES string of the molecule is CCCOc1ccccc1NC(=O)CN(CCC(N)=O)c1ccc(OC)cc1. The van der Waals surface area contributed by atoms with Gasteiger partial charge in [0.15, 0.2) is 0 Å². The maximum Gasteiger partial charge on any atom is 0.243 e. The van der Waals surface area contributed by atoms with E-state index in [1.165, 1.54) is 0 Å². The fourth-order valence-electron chi connectivity index (χ4n) is 2.61. The van der Waals surface area contributed by atoms with Crippen molar-refractivity contribution in [2.45, 2.75) is 19.8 Å². The number of hydrogen-bond donors (Lipinski definition) is 2. The van der Waals surface area contributed by atoms with Gasteiger partial charge in [-0.25, -0.2) is 0 Å². The molecule has 2 rings (SSSR count). The molecule has 0 atom stereocenters. The summed E-state index contributed by atoms with van der Waals surface area (Å²) in [6.07, 6.45) is 1.02. The third kappa shape index (κ3) is 6.50. The second kappa shape index (κ2) is 10.8. The second-order valence-electron chi connectivity index (χ2n) is 6.23. The predicted octanol–water partition coefficient (Wildman–Crippen LogP) is 2.80. The molecule has 150 valence electrons. The summed E-state index contributed by atoms with van der Waals surface area (Å²) in [6, 6.07) is 14.6. The molecule has 0 radical (unpaired) electrons. The van der Waals surface area contributed by atoms with Crippen LogP contribution >= 0.6 is 0 Å². The van der Waals surface area contributed by atoms with Crippen LogP contribution in [0, 0.1) is 0 Å². The van der Waals surface area contributed by atoms with Gasteiger partial charge in [-0.15, -0.1) is 0 Å². The Morgan fingerprint density at radius 3 is 2.46 bits per heavy atom. The van der Waals surface area contributed by atoms with Gasteiger partial charge < -0.3 is 25.4 Å². The molecule has 0 aliphatic heterocycles. The van der Waals surface area contributed by atoms with Gasteiger partial charge in [-0.1, -0.05) is 19.1 Å². The van der Waals surface area contributed by atoms with Crippen LogP contribution in [-0.2, 0) is 9.59 Å². The highest BCUT2D eigenvalue weighted by molar-refractivity contribution is 5.95. The Hall–Kier alpha value is -3.22. The molecule has 2 aromatic carbocycles. The molecule has 0 aliphatic rings. The molecule has 0 aliphatic carbocycles. The highest BCUT2D eigenvalue weighted by Crippen LogP contribution is 2.24. The molecule has 0 heterocycles. The summed E-state index contributed by atoms with van der Waals surface area (Å²) in [5, 5.41) is 2.88. The van der Waals surface area contributed by atoms with Crippen molar-refractivity contribution in [2.24, 2.45) is 5.73 Å². The lowest BCUT2D eigenvalue weighted by atomic mass is 10.2. The topological polar surface area (TPSA) is 93.9 Å². The summed E-state index contributed by atoms with van der Waals surface area (Å²) >= 11 is 0. The number of nitrogens with one attached hydrogen (secondary N) is 1. The van der Waals surface area contributed by atoms with Crippen LogP contribution in [0.3, 0.4) is 0 Å². The van der Waals surface area contributed by atoms with E-state index in [-0.39, 0.29) is 18.9 Å². The van der Waals surface area contributed by atoms with Crippen LogP contribution in [0.15, 0.2) is 48.5 Å². The van der Waals surface area contributed by atoms with Gasteiger partial charge in [0.1, 0.15) is 11.5 Å². The monoisotopic (exact) mass is 385 g/mol. The van der Waals surface area contributed by atoms with Crippen LogP contribution in [0.2, 0.25) is 0 Å². The summed E-state index contributed by atoms with van der Waals surface area (Å²) in [7, 11) is 1.59. The zero-order valence-corrected chi connectivity index (χ0v) is 16.3. The number of benzene rings is 2. The maximum absolute atomic E-state index is 12.6. The first kappa shape index (κ1) is 21.1. The molecule has 0 spiro atoms. The Bertz CT molecular complexity index is 777. The number of nitrogens with zero attached hydrogens (tertiary/aromatic N) is 1. The summed E-state index contributed by atoms with van der Waals surface area (Å²) in [5.74, 6) is 0.709. The highest BCUT2D eigenvalue weighted by Gasteiger charge is 2.15. The molecular formula is C21H27N3O4. The molecule has 2 amide bonds. The Balaban J connectivity index is 2.10. The van der Waals surface area contributed by atoms with Crippen molar-refractivity contribution >= 4 is 23.2 Å². The Morgan fingerprint density at radius 1 is 1.11 bits per heavy atom. The predicted molar refractivity (Wildman–Crippen MR) is 110 cm³/mol. The average molecular weight is 385 g/mol. The van der Waals surface area contributed by atoms with E-state index < -0.39 is 5.91 Å². The molecular weight excluding hydrogens is 358 g/mol. The number of nitrogens with two attached hydrogens (primary N) is 1. The van der Waals surface area contributed by atoms with Crippen molar-refractivity contribution in [1.82, 2.24) is 0 Å². The third-order valence-corrected chi connectivity index (χ3v) is 4.02. The molecule has 0 saturated carbocycles. The third-order valence-electron chi connectivity index (χ3n) is 4.02. The van der Waals surface area contributed by atoms with E-state index in [1.807, 2.05) is 37.3 Å². The number of anilines is 2.